The lowest BCUT2D eigenvalue weighted by Crippen LogP contribution is -2.38. The summed E-state index contributed by atoms with van der Waals surface area (Å²) in [7, 11) is 0. The zero-order chi connectivity index (χ0) is 13.6. The molecule has 0 aromatic carbocycles. The van der Waals surface area contributed by atoms with Gasteiger partial charge in [-0.15, -0.1) is 0 Å². The van der Waals surface area contributed by atoms with Gasteiger partial charge in [0.2, 0.25) is 5.91 Å². The van der Waals surface area contributed by atoms with Gasteiger partial charge in [0.25, 0.3) is 5.92 Å². The lowest BCUT2D eigenvalue weighted by molar-refractivity contribution is -0.134. The fourth-order valence-electron chi connectivity index (χ4n) is 3.28. The van der Waals surface area contributed by atoms with Crippen molar-refractivity contribution in [1.29, 1.82) is 0 Å². The molecule has 104 valence electrons. The summed E-state index contributed by atoms with van der Waals surface area (Å²) in [4.78, 5) is 13.5. The average molecular weight is 259 g/mol. The molecule has 1 aliphatic heterocycles. The largest absolute Gasteiger partial charge is 0.341 e. The number of carbonyl (C=O) groups excluding carboxylic acids is 1. The highest BCUT2D eigenvalue weighted by atomic mass is 19.3. The van der Waals surface area contributed by atoms with Gasteiger partial charge in [0.15, 0.2) is 0 Å². The molecule has 18 heavy (non-hydrogen) atoms. The Bertz CT molecular complexity index is 339. The number of halogens is 2. The van der Waals surface area contributed by atoms with Gasteiger partial charge in [0.1, 0.15) is 5.92 Å². The summed E-state index contributed by atoms with van der Waals surface area (Å²) >= 11 is 0. The van der Waals surface area contributed by atoms with Crippen molar-refractivity contribution in [3.05, 3.63) is 0 Å². The van der Waals surface area contributed by atoms with E-state index in [0.29, 0.717) is 12.5 Å². The molecular formula is C14H23F2NO. The van der Waals surface area contributed by atoms with Crippen molar-refractivity contribution in [2.45, 2.75) is 52.4 Å². The standard InChI is InChI=1S/C12H17F2NO.C2H6/c1-8-6-15(7-11(8)3-2-4-11)10(16)9-5-12(9,13)14;1-2/h8-9H,2-7H2,1H3;1-2H3. The zero-order valence-corrected chi connectivity index (χ0v) is 11.5. The maximum atomic E-state index is 12.8. The van der Waals surface area contributed by atoms with Crippen LogP contribution in [0, 0.1) is 17.3 Å². The van der Waals surface area contributed by atoms with Crippen LogP contribution in [0.25, 0.3) is 0 Å². The van der Waals surface area contributed by atoms with Gasteiger partial charge < -0.3 is 4.90 Å². The van der Waals surface area contributed by atoms with Crippen LogP contribution in [0.2, 0.25) is 0 Å². The van der Waals surface area contributed by atoms with Gasteiger partial charge in [-0.1, -0.05) is 27.2 Å². The third kappa shape index (κ3) is 2.04. The summed E-state index contributed by atoms with van der Waals surface area (Å²) in [5, 5.41) is 0. The van der Waals surface area contributed by atoms with Crippen LogP contribution in [0.3, 0.4) is 0 Å². The predicted molar refractivity (Wildman–Crippen MR) is 66.4 cm³/mol. The fourth-order valence-corrected chi connectivity index (χ4v) is 3.28. The van der Waals surface area contributed by atoms with Gasteiger partial charge >= 0.3 is 0 Å². The molecule has 3 aliphatic rings. The Kier molecular flexibility index (Phi) is 3.41. The highest BCUT2D eigenvalue weighted by Crippen LogP contribution is 2.54. The molecule has 2 saturated carbocycles. The van der Waals surface area contributed by atoms with E-state index in [-0.39, 0.29) is 17.7 Å². The van der Waals surface area contributed by atoms with E-state index in [4.69, 9.17) is 0 Å². The minimum absolute atomic E-state index is 0.232. The van der Waals surface area contributed by atoms with Gasteiger partial charge in [-0.2, -0.15) is 0 Å². The van der Waals surface area contributed by atoms with E-state index in [1.807, 2.05) is 13.8 Å². The number of carbonyl (C=O) groups is 1. The van der Waals surface area contributed by atoms with Gasteiger partial charge in [-0.25, -0.2) is 8.78 Å². The smallest absolute Gasteiger partial charge is 0.260 e. The fraction of sp³-hybridized carbons (Fsp3) is 0.929. The Morgan fingerprint density at radius 1 is 1.28 bits per heavy atom. The topological polar surface area (TPSA) is 20.3 Å². The van der Waals surface area contributed by atoms with E-state index >= 15 is 0 Å². The summed E-state index contributed by atoms with van der Waals surface area (Å²) in [6.07, 6.45) is 3.33. The number of rotatable bonds is 1. The van der Waals surface area contributed by atoms with Crippen LogP contribution >= 0.6 is 0 Å². The first kappa shape index (κ1) is 13.8. The molecule has 1 amide bonds. The minimum atomic E-state index is -2.71. The van der Waals surface area contributed by atoms with Crippen molar-refractivity contribution in [1.82, 2.24) is 4.90 Å². The third-order valence-electron chi connectivity index (χ3n) is 4.83. The molecule has 1 spiro atoms. The summed E-state index contributed by atoms with van der Waals surface area (Å²) in [5.41, 5.74) is 0.278. The SMILES string of the molecule is CC.CC1CN(C(=O)C2CC2(F)F)CC12CCC2. The molecule has 4 heteroatoms. The monoisotopic (exact) mass is 259 g/mol. The second-order valence-corrected chi connectivity index (χ2v) is 5.85. The lowest BCUT2D eigenvalue weighted by atomic mass is 9.63. The highest BCUT2D eigenvalue weighted by molar-refractivity contribution is 5.83. The van der Waals surface area contributed by atoms with Gasteiger partial charge in [-0.3, -0.25) is 4.79 Å². The first-order valence-corrected chi connectivity index (χ1v) is 7.11. The number of amides is 1. The van der Waals surface area contributed by atoms with Crippen LogP contribution < -0.4 is 0 Å². The molecular weight excluding hydrogens is 236 g/mol. The van der Waals surface area contributed by atoms with E-state index < -0.39 is 11.8 Å². The number of hydrogen-bond donors (Lipinski definition) is 0. The molecule has 0 aromatic heterocycles. The summed E-state index contributed by atoms with van der Waals surface area (Å²) in [5.74, 6) is -3.54. The van der Waals surface area contributed by atoms with Gasteiger partial charge in [0, 0.05) is 19.5 Å². The Hall–Kier alpha value is -0.670. The van der Waals surface area contributed by atoms with Crippen LogP contribution in [0.1, 0.15) is 46.5 Å². The van der Waals surface area contributed by atoms with E-state index in [1.165, 1.54) is 19.3 Å². The van der Waals surface area contributed by atoms with E-state index in [0.717, 1.165) is 6.54 Å². The molecule has 0 radical (unpaired) electrons. The molecule has 3 rings (SSSR count). The van der Waals surface area contributed by atoms with Crippen LogP contribution in [-0.2, 0) is 4.79 Å². The minimum Gasteiger partial charge on any atom is -0.341 e. The maximum Gasteiger partial charge on any atom is 0.260 e. The first-order valence-electron chi connectivity index (χ1n) is 7.11. The van der Waals surface area contributed by atoms with Gasteiger partial charge in [-0.05, 0) is 24.2 Å². The van der Waals surface area contributed by atoms with Crippen LogP contribution in [0.4, 0.5) is 8.78 Å². The van der Waals surface area contributed by atoms with E-state index in [1.54, 1.807) is 4.90 Å². The Labute approximate surface area is 108 Å². The summed E-state index contributed by atoms with van der Waals surface area (Å²) in [6, 6.07) is 0. The van der Waals surface area contributed by atoms with Crippen molar-refractivity contribution in [3.8, 4) is 0 Å². The second kappa shape index (κ2) is 4.46. The Morgan fingerprint density at radius 2 is 1.83 bits per heavy atom. The van der Waals surface area contributed by atoms with Crippen molar-refractivity contribution in [3.63, 3.8) is 0 Å². The summed E-state index contributed by atoms with van der Waals surface area (Å²) < 4.78 is 25.7. The molecule has 2 aliphatic carbocycles. The van der Waals surface area contributed by atoms with Crippen LogP contribution in [-0.4, -0.2) is 29.8 Å². The number of likely N-dealkylation sites (tertiary alicyclic amines) is 1. The molecule has 0 aromatic rings. The molecule has 2 unspecified atom stereocenters. The average Bonchev–Trinajstić information content (AvgIpc) is 2.77. The van der Waals surface area contributed by atoms with Gasteiger partial charge in [0.05, 0.1) is 0 Å². The summed E-state index contributed by atoms with van der Waals surface area (Å²) in [6.45, 7) is 7.56. The molecule has 1 heterocycles. The lowest BCUT2D eigenvalue weighted by Gasteiger charge is -2.41. The van der Waals surface area contributed by atoms with Crippen molar-refractivity contribution < 1.29 is 13.6 Å². The van der Waals surface area contributed by atoms with Crippen molar-refractivity contribution in [2.24, 2.45) is 17.3 Å². The molecule has 0 bridgehead atoms. The number of hydrogen-bond acceptors (Lipinski definition) is 1. The molecule has 3 fully saturated rings. The number of nitrogens with zero attached hydrogens (tertiary/aromatic N) is 1. The normalized spacial score (nSPS) is 34.6. The van der Waals surface area contributed by atoms with Crippen LogP contribution in [0.5, 0.6) is 0 Å². The predicted octanol–water partition coefficient (Wildman–Crippen LogP) is 3.32. The van der Waals surface area contributed by atoms with Crippen molar-refractivity contribution >= 4 is 5.91 Å². The van der Waals surface area contributed by atoms with Crippen LogP contribution in [0.15, 0.2) is 0 Å². The van der Waals surface area contributed by atoms with E-state index in [2.05, 4.69) is 6.92 Å². The van der Waals surface area contributed by atoms with Crippen molar-refractivity contribution in [2.75, 3.05) is 13.1 Å². The molecule has 1 saturated heterocycles. The molecule has 2 atom stereocenters. The molecule has 2 nitrogen and oxygen atoms in total. The third-order valence-corrected chi connectivity index (χ3v) is 4.83. The first-order chi connectivity index (χ1) is 8.45. The highest BCUT2D eigenvalue weighted by Gasteiger charge is 2.63. The second-order valence-electron chi connectivity index (χ2n) is 5.85. The van der Waals surface area contributed by atoms with E-state index in [9.17, 15) is 13.6 Å². The zero-order valence-electron chi connectivity index (χ0n) is 11.5. The maximum absolute atomic E-state index is 12.8. The molecule has 0 N–H and O–H groups in total. The number of alkyl halides is 2. The Balaban J connectivity index is 0.000000574. The Morgan fingerprint density at radius 3 is 2.17 bits per heavy atom. The quantitative estimate of drug-likeness (QED) is 0.707.